The van der Waals surface area contributed by atoms with E-state index >= 15 is 0 Å². The lowest BCUT2D eigenvalue weighted by Gasteiger charge is -2.20. The van der Waals surface area contributed by atoms with Gasteiger partial charge in [0, 0.05) is 7.05 Å². The Morgan fingerprint density at radius 3 is 2.26 bits per heavy atom. The summed E-state index contributed by atoms with van der Waals surface area (Å²) in [6.45, 7) is 0. The predicted molar refractivity (Wildman–Crippen MR) is 86.4 cm³/mol. The fourth-order valence-corrected chi connectivity index (χ4v) is 3.18. The van der Waals surface area contributed by atoms with Gasteiger partial charge in [0.05, 0.1) is 30.4 Å². The lowest BCUT2D eigenvalue weighted by molar-refractivity contribution is 0.0600. The third kappa shape index (κ3) is 3.45. The van der Waals surface area contributed by atoms with E-state index in [2.05, 4.69) is 4.74 Å². The van der Waals surface area contributed by atoms with Crippen LogP contribution in [-0.2, 0) is 14.8 Å². The second-order valence-corrected chi connectivity index (χ2v) is 6.66. The largest absolute Gasteiger partial charge is 0.497 e. The zero-order valence-electron chi connectivity index (χ0n) is 13.0. The van der Waals surface area contributed by atoms with Crippen LogP contribution in [0.2, 0.25) is 0 Å². The summed E-state index contributed by atoms with van der Waals surface area (Å²) in [5.74, 6) is 0.0430. The molecule has 0 atom stereocenters. The molecule has 0 aliphatic rings. The van der Waals surface area contributed by atoms with Gasteiger partial charge in [-0.05, 0) is 42.5 Å². The first-order valence-corrected chi connectivity index (χ1v) is 8.15. The molecule has 0 aliphatic heterocycles. The summed E-state index contributed by atoms with van der Waals surface area (Å²) >= 11 is 0. The van der Waals surface area contributed by atoms with Crippen LogP contribution in [-0.4, -0.2) is 35.7 Å². The van der Waals surface area contributed by atoms with Crippen LogP contribution in [0.3, 0.4) is 0 Å². The van der Waals surface area contributed by atoms with Crippen LogP contribution in [0, 0.1) is 0 Å². The van der Waals surface area contributed by atoms with E-state index in [1.807, 2.05) is 0 Å². The van der Waals surface area contributed by atoms with Crippen molar-refractivity contribution in [2.45, 2.75) is 4.90 Å². The van der Waals surface area contributed by atoms with Crippen molar-refractivity contribution >= 4 is 21.7 Å². The molecule has 2 rings (SSSR count). The number of ether oxygens (including phenoxy) is 2. The average molecular weight is 335 g/mol. The third-order valence-corrected chi connectivity index (χ3v) is 5.15. The Labute approximate surface area is 135 Å². The molecule has 0 aromatic heterocycles. The SMILES string of the molecule is COC(=O)c1cccc(N(C)S(=O)(=O)c2ccc(OC)cc2)c1. The third-order valence-electron chi connectivity index (χ3n) is 3.35. The van der Waals surface area contributed by atoms with Gasteiger partial charge in [-0.25, -0.2) is 13.2 Å². The second kappa shape index (κ2) is 6.70. The van der Waals surface area contributed by atoms with Gasteiger partial charge in [-0.1, -0.05) is 6.07 Å². The standard InChI is InChI=1S/C16H17NO5S/c1-17(13-6-4-5-12(11-13)16(18)22-3)23(19,20)15-9-7-14(21-2)8-10-15/h4-11H,1-3H3. The second-order valence-electron chi connectivity index (χ2n) is 4.69. The van der Waals surface area contributed by atoms with Gasteiger partial charge in [0.25, 0.3) is 10.0 Å². The minimum Gasteiger partial charge on any atom is -0.497 e. The summed E-state index contributed by atoms with van der Waals surface area (Å²) < 4.78 is 36.1. The first-order chi connectivity index (χ1) is 10.9. The number of hydrogen-bond acceptors (Lipinski definition) is 5. The molecular formula is C16H17NO5S. The molecule has 0 aliphatic carbocycles. The number of esters is 1. The topological polar surface area (TPSA) is 72.9 Å². The van der Waals surface area contributed by atoms with E-state index in [4.69, 9.17) is 4.74 Å². The number of sulfonamides is 1. The Morgan fingerprint density at radius 2 is 1.70 bits per heavy atom. The van der Waals surface area contributed by atoms with E-state index < -0.39 is 16.0 Å². The van der Waals surface area contributed by atoms with Crippen LogP contribution in [0.1, 0.15) is 10.4 Å². The minimum absolute atomic E-state index is 0.129. The van der Waals surface area contributed by atoms with Gasteiger partial charge < -0.3 is 9.47 Å². The van der Waals surface area contributed by atoms with Crippen LogP contribution < -0.4 is 9.04 Å². The van der Waals surface area contributed by atoms with Crippen molar-refractivity contribution in [3.8, 4) is 5.75 Å². The molecule has 0 saturated carbocycles. The first kappa shape index (κ1) is 16.8. The highest BCUT2D eigenvalue weighted by molar-refractivity contribution is 7.92. The number of nitrogens with zero attached hydrogens (tertiary/aromatic N) is 1. The number of carbonyl (C=O) groups is 1. The highest BCUT2D eigenvalue weighted by atomic mass is 32.2. The number of carbonyl (C=O) groups excluding carboxylic acids is 1. The van der Waals surface area contributed by atoms with Gasteiger partial charge in [0.15, 0.2) is 0 Å². The van der Waals surface area contributed by atoms with Crippen molar-refractivity contribution in [3.63, 3.8) is 0 Å². The molecule has 2 aromatic carbocycles. The van der Waals surface area contributed by atoms with Gasteiger partial charge in [-0.2, -0.15) is 0 Å². The molecule has 0 fully saturated rings. The number of anilines is 1. The predicted octanol–water partition coefficient (Wildman–Crippen LogP) is 2.31. The van der Waals surface area contributed by atoms with E-state index in [0.717, 1.165) is 4.31 Å². The molecule has 6 nitrogen and oxygen atoms in total. The molecule has 122 valence electrons. The molecule has 7 heteroatoms. The van der Waals surface area contributed by atoms with Crippen molar-refractivity contribution in [1.29, 1.82) is 0 Å². The van der Waals surface area contributed by atoms with E-state index in [1.165, 1.54) is 39.5 Å². The number of methoxy groups -OCH3 is 2. The van der Waals surface area contributed by atoms with Crippen LogP contribution in [0.5, 0.6) is 5.75 Å². The highest BCUT2D eigenvalue weighted by Gasteiger charge is 2.22. The molecule has 23 heavy (non-hydrogen) atoms. The Kier molecular flexibility index (Phi) is 4.90. The number of benzene rings is 2. The lowest BCUT2D eigenvalue weighted by Crippen LogP contribution is -2.26. The Balaban J connectivity index is 2.37. The normalized spacial score (nSPS) is 10.9. The van der Waals surface area contributed by atoms with Crippen molar-refractivity contribution in [1.82, 2.24) is 0 Å². The molecular weight excluding hydrogens is 318 g/mol. The number of hydrogen-bond donors (Lipinski definition) is 0. The molecule has 0 unspecified atom stereocenters. The lowest BCUT2D eigenvalue weighted by atomic mass is 10.2. The molecule has 0 spiro atoms. The summed E-state index contributed by atoms with van der Waals surface area (Å²) in [5.41, 5.74) is 0.644. The van der Waals surface area contributed by atoms with E-state index in [1.54, 1.807) is 30.3 Å². The summed E-state index contributed by atoms with van der Waals surface area (Å²) in [6.07, 6.45) is 0. The molecule has 0 bridgehead atoms. The van der Waals surface area contributed by atoms with Crippen molar-refractivity contribution in [3.05, 3.63) is 54.1 Å². The molecule has 0 saturated heterocycles. The van der Waals surface area contributed by atoms with Gasteiger partial charge in [0.2, 0.25) is 0 Å². The molecule has 0 amide bonds. The number of rotatable bonds is 5. The van der Waals surface area contributed by atoms with Crippen LogP contribution in [0.4, 0.5) is 5.69 Å². The van der Waals surface area contributed by atoms with Crippen LogP contribution in [0.25, 0.3) is 0 Å². The zero-order valence-corrected chi connectivity index (χ0v) is 13.8. The summed E-state index contributed by atoms with van der Waals surface area (Å²) in [4.78, 5) is 11.7. The van der Waals surface area contributed by atoms with E-state index in [-0.39, 0.29) is 10.5 Å². The summed E-state index contributed by atoms with van der Waals surface area (Å²) in [7, 11) is 0.465. The smallest absolute Gasteiger partial charge is 0.337 e. The fourth-order valence-electron chi connectivity index (χ4n) is 1.99. The summed E-state index contributed by atoms with van der Waals surface area (Å²) in [5, 5.41) is 0. The molecule has 2 aromatic rings. The van der Waals surface area contributed by atoms with E-state index in [9.17, 15) is 13.2 Å². The van der Waals surface area contributed by atoms with Gasteiger partial charge in [-0.3, -0.25) is 4.31 Å². The monoisotopic (exact) mass is 335 g/mol. The molecule has 0 radical (unpaired) electrons. The zero-order chi connectivity index (χ0) is 17.0. The van der Waals surface area contributed by atoms with Gasteiger partial charge >= 0.3 is 5.97 Å². The van der Waals surface area contributed by atoms with Gasteiger partial charge in [0.1, 0.15) is 5.75 Å². The van der Waals surface area contributed by atoms with Gasteiger partial charge in [-0.15, -0.1) is 0 Å². The summed E-state index contributed by atoms with van der Waals surface area (Å²) in [6, 6.07) is 12.3. The Hall–Kier alpha value is -2.54. The molecule has 0 heterocycles. The van der Waals surface area contributed by atoms with E-state index in [0.29, 0.717) is 11.4 Å². The maximum Gasteiger partial charge on any atom is 0.337 e. The maximum absolute atomic E-state index is 12.7. The maximum atomic E-state index is 12.7. The van der Waals surface area contributed by atoms with Crippen molar-refractivity contribution in [2.24, 2.45) is 0 Å². The molecule has 0 N–H and O–H groups in total. The highest BCUT2D eigenvalue weighted by Crippen LogP contribution is 2.24. The van der Waals surface area contributed by atoms with Crippen molar-refractivity contribution < 1.29 is 22.7 Å². The Morgan fingerprint density at radius 1 is 1.04 bits per heavy atom. The quantitative estimate of drug-likeness (QED) is 0.784. The average Bonchev–Trinajstić information content (AvgIpc) is 2.60. The Bertz CT molecular complexity index is 799. The first-order valence-electron chi connectivity index (χ1n) is 6.71. The van der Waals surface area contributed by atoms with Crippen LogP contribution >= 0.6 is 0 Å². The van der Waals surface area contributed by atoms with Crippen LogP contribution in [0.15, 0.2) is 53.4 Å². The van der Waals surface area contributed by atoms with Crippen molar-refractivity contribution in [2.75, 3.05) is 25.6 Å². The minimum atomic E-state index is -3.74. The fraction of sp³-hybridized carbons (Fsp3) is 0.188.